The van der Waals surface area contributed by atoms with Crippen molar-refractivity contribution in [2.24, 2.45) is 0 Å². The van der Waals surface area contributed by atoms with Crippen molar-refractivity contribution in [3.63, 3.8) is 0 Å². The number of carbonyl (C=O) groups excluding carboxylic acids is 1. The number of aromatic amines is 1. The lowest BCUT2D eigenvalue weighted by atomic mass is 10.2. The summed E-state index contributed by atoms with van der Waals surface area (Å²) in [6, 6.07) is 2.94. The Bertz CT molecular complexity index is 294. The third kappa shape index (κ3) is 8.52. The van der Waals surface area contributed by atoms with Crippen LogP contribution in [-0.2, 0) is 9.53 Å². The van der Waals surface area contributed by atoms with E-state index in [4.69, 9.17) is 0 Å². The second-order valence-corrected chi connectivity index (χ2v) is 3.56. The van der Waals surface area contributed by atoms with Gasteiger partial charge in [0.1, 0.15) is 5.60 Å². The highest BCUT2D eigenvalue weighted by molar-refractivity contribution is 5.37. The molecule has 4 heteroatoms. The summed E-state index contributed by atoms with van der Waals surface area (Å²) in [4.78, 5) is 22.6. The van der Waals surface area contributed by atoms with Crippen molar-refractivity contribution in [2.75, 3.05) is 0 Å². The molecule has 1 N–H and O–H groups in total. The van der Waals surface area contributed by atoms with E-state index in [0.29, 0.717) is 6.47 Å². The Kier molecular flexibility index (Phi) is 5.29. The second kappa shape index (κ2) is 5.96. The maximum Gasteiger partial charge on any atom is 0.293 e. The van der Waals surface area contributed by atoms with E-state index in [1.54, 1.807) is 12.4 Å². The zero-order chi connectivity index (χ0) is 11.0. The van der Waals surface area contributed by atoms with Crippen LogP contribution < -0.4 is 5.43 Å². The van der Waals surface area contributed by atoms with Crippen LogP contribution >= 0.6 is 0 Å². The van der Waals surface area contributed by atoms with Crippen LogP contribution in [0.3, 0.4) is 0 Å². The van der Waals surface area contributed by atoms with Crippen molar-refractivity contribution < 1.29 is 9.53 Å². The van der Waals surface area contributed by atoms with Gasteiger partial charge in [-0.3, -0.25) is 9.59 Å². The van der Waals surface area contributed by atoms with Crippen LogP contribution in [0.15, 0.2) is 29.3 Å². The highest BCUT2D eigenvalue weighted by Crippen LogP contribution is 2.02. The van der Waals surface area contributed by atoms with Gasteiger partial charge in [0.15, 0.2) is 5.43 Å². The molecule has 14 heavy (non-hydrogen) atoms. The number of carbonyl (C=O) groups is 1. The molecule has 0 radical (unpaired) electrons. The van der Waals surface area contributed by atoms with Gasteiger partial charge in [0.25, 0.3) is 6.47 Å². The molecule has 0 aliphatic heterocycles. The van der Waals surface area contributed by atoms with Gasteiger partial charge >= 0.3 is 0 Å². The van der Waals surface area contributed by atoms with Gasteiger partial charge in [0.2, 0.25) is 0 Å². The summed E-state index contributed by atoms with van der Waals surface area (Å²) in [5.74, 6) is 0. The molecule has 0 saturated heterocycles. The van der Waals surface area contributed by atoms with Crippen LogP contribution in [-0.4, -0.2) is 17.1 Å². The van der Waals surface area contributed by atoms with Crippen LogP contribution in [0.2, 0.25) is 0 Å². The predicted molar refractivity (Wildman–Crippen MR) is 54.0 cm³/mol. The molecule has 0 fully saturated rings. The molecule has 0 unspecified atom stereocenters. The summed E-state index contributed by atoms with van der Waals surface area (Å²) >= 11 is 0. The van der Waals surface area contributed by atoms with Crippen molar-refractivity contribution in [1.82, 2.24) is 4.98 Å². The fraction of sp³-hybridized carbons (Fsp3) is 0.400. The van der Waals surface area contributed by atoms with Gasteiger partial charge in [0.05, 0.1) is 0 Å². The van der Waals surface area contributed by atoms with Gasteiger partial charge < -0.3 is 9.72 Å². The van der Waals surface area contributed by atoms with E-state index in [1.807, 2.05) is 20.8 Å². The lowest BCUT2D eigenvalue weighted by Gasteiger charge is -2.14. The molecule has 0 saturated carbocycles. The average molecular weight is 197 g/mol. The molecule has 0 atom stereocenters. The Balaban J connectivity index is 0.000000241. The third-order valence-electron chi connectivity index (χ3n) is 1.09. The van der Waals surface area contributed by atoms with Crippen molar-refractivity contribution in [3.8, 4) is 0 Å². The van der Waals surface area contributed by atoms with Crippen LogP contribution in [0, 0.1) is 0 Å². The molecule has 0 aliphatic carbocycles. The Labute approximate surface area is 82.9 Å². The summed E-state index contributed by atoms with van der Waals surface area (Å²) < 4.78 is 4.55. The molecule has 0 aliphatic rings. The van der Waals surface area contributed by atoms with E-state index in [9.17, 15) is 9.59 Å². The van der Waals surface area contributed by atoms with Crippen molar-refractivity contribution in [1.29, 1.82) is 0 Å². The number of rotatable bonds is 1. The van der Waals surface area contributed by atoms with Crippen LogP contribution in [0.5, 0.6) is 0 Å². The van der Waals surface area contributed by atoms with Crippen molar-refractivity contribution in [3.05, 3.63) is 34.7 Å². The first-order valence-corrected chi connectivity index (χ1v) is 4.20. The summed E-state index contributed by atoms with van der Waals surface area (Å²) in [6.07, 6.45) is 3.20. The normalized spacial score (nSPS) is 9.64. The van der Waals surface area contributed by atoms with E-state index in [1.165, 1.54) is 12.1 Å². The fourth-order valence-electron chi connectivity index (χ4n) is 0.516. The molecule has 0 amide bonds. The number of aromatic nitrogens is 1. The average Bonchev–Trinajstić information content (AvgIpc) is 2.04. The Morgan fingerprint density at radius 2 is 1.79 bits per heavy atom. The molecular formula is C10H15NO3. The molecule has 0 aromatic carbocycles. The number of H-pyrrole nitrogens is 1. The minimum Gasteiger partial charge on any atom is -0.462 e. The SMILES string of the molecule is CC(C)(C)OC=O.O=c1cc[nH]cc1. The minimum atomic E-state index is -0.318. The van der Waals surface area contributed by atoms with Gasteiger partial charge in [-0.1, -0.05) is 0 Å². The number of ether oxygens (including phenoxy) is 1. The molecular weight excluding hydrogens is 182 g/mol. The highest BCUT2D eigenvalue weighted by atomic mass is 16.5. The zero-order valence-corrected chi connectivity index (χ0v) is 8.61. The van der Waals surface area contributed by atoms with E-state index in [-0.39, 0.29) is 11.0 Å². The van der Waals surface area contributed by atoms with E-state index in [0.717, 1.165) is 0 Å². The topological polar surface area (TPSA) is 59.2 Å². The van der Waals surface area contributed by atoms with Crippen LogP contribution in [0.25, 0.3) is 0 Å². The first-order valence-electron chi connectivity index (χ1n) is 4.20. The molecule has 1 aromatic rings. The number of pyridine rings is 1. The Hall–Kier alpha value is -1.58. The van der Waals surface area contributed by atoms with Gasteiger partial charge in [-0.2, -0.15) is 0 Å². The fourth-order valence-corrected chi connectivity index (χ4v) is 0.516. The number of hydrogen-bond acceptors (Lipinski definition) is 3. The maximum atomic E-state index is 10.2. The predicted octanol–water partition coefficient (Wildman–Crippen LogP) is 1.33. The van der Waals surface area contributed by atoms with Gasteiger partial charge in [-0.15, -0.1) is 0 Å². The van der Waals surface area contributed by atoms with Crippen molar-refractivity contribution >= 4 is 6.47 Å². The summed E-state index contributed by atoms with van der Waals surface area (Å²) in [6.45, 7) is 5.92. The van der Waals surface area contributed by atoms with E-state index in [2.05, 4.69) is 9.72 Å². The van der Waals surface area contributed by atoms with E-state index < -0.39 is 0 Å². The maximum absolute atomic E-state index is 10.2. The number of hydrogen-bond donors (Lipinski definition) is 1. The molecule has 0 spiro atoms. The lowest BCUT2D eigenvalue weighted by molar-refractivity contribution is -0.138. The molecule has 1 rings (SSSR count). The van der Waals surface area contributed by atoms with Crippen LogP contribution in [0.4, 0.5) is 0 Å². The van der Waals surface area contributed by atoms with Gasteiger partial charge in [-0.25, -0.2) is 0 Å². The smallest absolute Gasteiger partial charge is 0.293 e. The lowest BCUT2D eigenvalue weighted by Crippen LogP contribution is -2.17. The summed E-state index contributed by atoms with van der Waals surface area (Å²) in [5.41, 5.74) is -0.277. The quantitative estimate of drug-likeness (QED) is 0.691. The Morgan fingerprint density at radius 3 is 1.93 bits per heavy atom. The van der Waals surface area contributed by atoms with Gasteiger partial charge in [0, 0.05) is 24.5 Å². The first-order chi connectivity index (χ1) is 6.45. The van der Waals surface area contributed by atoms with Crippen LogP contribution in [0.1, 0.15) is 20.8 Å². The van der Waals surface area contributed by atoms with Crippen molar-refractivity contribution in [2.45, 2.75) is 26.4 Å². The first kappa shape index (κ1) is 12.4. The summed E-state index contributed by atoms with van der Waals surface area (Å²) in [5, 5.41) is 0. The minimum absolute atomic E-state index is 0.0405. The highest BCUT2D eigenvalue weighted by Gasteiger charge is 2.07. The Morgan fingerprint density at radius 1 is 1.29 bits per heavy atom. The molecule has 78 valence electrons. The van der Waals surface area contributed by atoms with E-state index >= 15 is 0 Å². The number of nitrogens with one attached hydrogen (secondary N) is 1. The third-order valence-corrected chi connectivity index (χ3v) is 1.09. The standard InChI is InChI=1S/C5H5NO.C5H10O2/c7-5-1-3-6-4-2-5;1-5(2,3)7-4-6/h1-4H,(H,6,7);4H,1-3H3. The monoisotopic (exact) mass is 197 g/mol. The van der Waals surface area contributed by atoms with Gasteiger partial charge in [-0.05, 0) is 20.8 Å². The molecule has 1 heterocycles. The second-order valence-electron chi connectivity index (χ2n) is 3.56. The zero-order valence-electron chi connectivity index (χ0n) is 8.61. The largest absolute Gasteiger partial charge is 0.462 e. The molecule has 1 aromatic heterocycles. The molecule has 0 bridgehead atoms. The molecule has 4 nitrogen and oxygen atoms in total. The summed E-state index contributed by atoms with van der Waals surface area (Å²) in [7, 11) is 0.